The number of nitrogens with one attached hydrogen (secondary N) is 1. The summed E-state index contributed by atoms with van der Waals surface area (Å²) in [5, 5.41) is 3.43. The molecular weight excluding hydrogens is 198 g/mol. The zero-order valence-electron chi connectivity index (χ0n) is 9.78. The Balaban J connectivity index is 2.10. The average Bonchev–Trinajstić information content (AvgIpc) is 2.50. The fraction of sp³-hybridized carbons (Fsp3) is 0.429. The van der Waals surface area contributed by atoms with Gasteiger partial charge in [-0.3, -0.25) is 0 Å². The van der Waals surface area contributed by atoms with Gasteiger partial charge in [-0.2, -0.15) is 0 Å². The third-order valence-corrected chi connectivity index (χ3v) is 2.87. The van der Waals surface area contributed by atoms with Crippen LogP contribution in [0.2, 0.25) is 0 Å². The van der Waals surface area contributed by atoms with Crippen LogP contribution in [0.3, 0.4) is 0 Å². The van der Waals surface area contributed by atoms with Gasteiger partial charge in [0.05, 0.1) is 11.7 Å². The smallest absolute Gasteiger partial charge is 0.138 e. The van der Waals surface area contributed by atoms with Gasteiger partial charge in [-0.15, -0.1) is 0 Å². The summed E-state index contributed by atoms with van der Waals surface area (Å²) in [4.78, 5) is 0. The molecule has 1 unspecified atom stereocenters. The first-order valence-corrected chi connectivity index (χ1v) is 5.97. The molecule has 2 aliphatic rings. The molecule has 1 aliphatic carbocycles. The molecule has 2 rings (SSSR count). The number of morpholine rings is 1. The number of unbranched alkanes of at least 4 members (excludes halogenated alkanes) is 1. The minimum atomic E-state index is 0.128. The minimum absolute atomic E-state index is 0.128. The highest BCUT2D eigenvalue weighted by molar-refractivity contribution is 5.28. The highest BCUT2D eigenvalue weighted by Gasteiger charge is 2.28. The first-order valence-electron chi connectivity index (χ1n) is 5.97. The van der Waals surface area contributed by atoms with Gasteiger partial charge in [-0.05, 0) is 25.0 Å². The summed E-state index contributed by atoms with van der Waals surface area (Å²) in [6, 6.07) is 0.321. The Labute approximate surface area is 97.4 Å². The van der Waals surface area contributed by atoms with E-state index < -0.39 is 0 Å². The first kappa shape index (κ1) is 11.1. The lowest BCUT2D eigenvalue weighted by Gasteiger charge is -2.34. The zero-order valence-corrected chi connectivity index (χ0v) is 9.78. The van der Waals surface area contributed by atoms with Gasteiger partial charge in [0.15, 0.2) is 0 Å². The Hall–Kier alpha value is -1.44. The molecule has 0 bridgehead atoms. The van der Waals surface area contributed by atoms with E-state index in [2.05, 4.69) is 49.2 Å². The molecule has 0 radical (unpaired) electrons. The van der Waals surface area contributed by atoms with Gasteiger partial charge in [0.2, 0.25) is 0 Å². The molecule has 1 saturated heterocycles. The van der Waals surface area contributed by atoms with E-state index in [-0.39, 0.29) is 6.10 Å². The van der Waals surface area contributed by atoms with E-state index in [1.54, 1.807) is 0 Å². The average molecular weight is 217 g/mol. The van der Waals surface area contributed by atoms with Crippen molar-refractivity contribution in [1.82, 2.24) is 5.32 Å². The van der Waals surface area contributed by atoms with Crippen molar-refractivity contribution in [1.29, 1.82) is 0 Å². The second kappa shape index (κ2) is 5.06. The molecule has 0 aromatic heterocycles. The van der Waals surface area contributed by atoms with E-state index in [0.29, 0.717) is 6.04 Å². The van der Waals surface area contributed by atoms with E-state index in [0.717, 1.165) is 30.7 Å². The summed E-state index contributed by atoms with van der Waals surface area (Å²) >= 11 is 0. The molecule has 2 atom stereocenters. The Morgan fingerprint density at radius 3 is 3.25 bits per heavy atom. The van der Waals surface area contributed by atoms with Gasteiger partial charge in [0.1, 0.15) is 11.9 Å². The minimum Gasteiger partial charge on any atom is -0.482 e. The molecule has 2 nitrogen and oxygen atoms in total. The van der Waals surface area contributed by atoms with Gasteiger partial charge in [-0.25, -0.2) is 0 Å². The molecule has 0 saturated carbocycles. The second-order valence-corrected chi connectivity index (χ2v) is 4.22. The number of ether oxygens (including phenoxy) is 1. The first-order chi connectivity index (χ1) is 7.81. The molecule has 1 heterocycles. The Morgan fingerprint density at radius 1 is 1.56 bits per heavy atom. The van der Waals surface area contributed by atoms with E-state index >= 15 is 0 Å². The van der Waals surface area contributed by atoms with Gasteiger partial charge in [0, 0.05) is 0 Å². The number of hydrogen-bond acceptors (Lipinski definition) is 2. The van der Waals surface area contributed by atoms with Crippen molar-refractivity contribution in [2.24, 2.45) is 0 Å². The molecule has 2 heteroatoms. The molecule has 1 N–H and O–H groups in total. The van der Waals surface area contributed by atoms with E-state index in [1.165, 1.54) is 0 Å². The van der Waals surface area contributed by atoms with E-state index in [1.807, 2.05) is 0 Å². The lowest BCUT2D eigenvalue weighted by Crippen LogP contribution is -2.44. The molecule has 0 amide bonds. The lowest BCUT2D eigenvalue weighted by molar-refractivity contribution is 0.100. The normalized spacial score (nSPS) is 30.6. The van der Waals surface area contributed by atoms with Crippen molar-refractivity contribution >= 4 is 0 Å². The standard InChI is InChI=1S/C14H19NO/c1-3-4-9-13-11(2)15-12-8-6-5-7-10-14(12)16-13/h5-7,9-10,12,14-15H,2-4,8H2,1H3/b13-9+/t12?,14-/m1/s1. The van der Waals surface area contributed by atoms with Crippen LogP contribution in [0.5, 0.6) is 0 Å². The Morgan fingerprint density at radius 2 is 2.44 bits per heavy atom. The quantitative estimate of drug-likeness (QED) is 0.767. The lowest BCUT2D eigenvalue weighted by atomic mass is 10.0. The third kappa shape index (κ3) is 2.38. The molecule has 0 aromatic carbocycles. The third-order valence-electron chi connectivity index (χ3n) is 2.87. The van der Waals surface area contributed by atoms with Gasteiger partial charge in [-0.1, -0.05) is 38.2 Å². The van der Waals surface area contributed by atoms with Crippen molar-refractivity contribution in [3.63, 3.8) is 0 Å². The van der Waals surface area contributed by atoms with Crippen molar-refractivity contribution < 1.29 is 4.74 Å². The molecule has 0 aromatic rings. The van der Waals surface area contributed by atoms with Crippen LogP contribution in [0.25, 0.3) is 0 Å². The fourth-order valence-electron chi connectivity index (χ4n) is 1.97. The number of fused-ring (bicyclic) bond motifs is 1. The summed E-state index contributed by atoms with van der Waals surface area (Å²) in [5.74, 6) is 0.912. The van der Waals surface area contributed by atoms with Crippen LogP contribution < -0.4 is 5.32 Å². The fourth-order valence-corrected chi connectivity index (χ4v) is 1.97. The van der Waals surface area contributed by atoms with Crippen LogP contribution in [-0.2, 0) is 4.74 Å². The van der Waals surface area contributed by atoms with Gasteiger partial charge < -0.3 is 10.1 Å². The predicted molar refractivity (Wildman–Crippen MR) is 66.8 cm³/mol. The summed E-state index contributed by atoms with van der Waals surface area (Å²) in [7, 11) is 0. The molecule has 16 heavy (non-hydrogen) atoms. The highest BCUT2D eigenvalue weighted by Crippen LogP contribution is 2.24. The molecule has 0 spiro atoms. The van der Waals surface area contributed by atoms with Crippen LogP contribution in [-0.4, -0.2) is 12.1 Å². The van der Waals surface area contributed by atoms with Crippen LogP contribution in [0.1, 0.15) is 26.2 Å². The maximum atomic E-state index is 5.96. The van der Waals surface area contributed by atoms with Crippen LogP contribution in [0.4, 0.5) is 0 Å². The van der Waals surface area contributed by atoms with Crippen molar-refractivity contribution in [3.8, 4) is 0 Å². The largest absolute Gasteiger partial charge is 0.482 e. The summed E-state index contributed by atoms with van der Waals surface area (Å²) in [6.45, 7) is 6.18. The molecule has 1 aliphatic heterocycles. The van der Waals surface area contributed by atoms with Crippen molar-refractivity contribution in [2.75, 3.05) is 0 Å². The number of allylic oxidation sites excluding steroid dienone is 3. The maximum absolute atomic E-state index is 5.96. The summed E-state index contributed by atoms with van der Waals surface area (Å²) < 4.78 is 5.96. The van der Waals surface area contributed by atoms with Crippen molar-refractivity contribution in [3.05, 3.63) is 48.4 Å². The second-order valence-electron chi connectivity index (χ2n) is 4.22. The summed E-state index contributed by atoms with van der Waals surface area (Å²) in [6.07, 6.45) is 13.8. The highest BCUT2D eigenvalue weighted by atomic mass is 16.5. The molecule has 1 fully saturated rings. The SMILES string of the molecule is C=C1NC2CC=CC=C[C@H]2O/C1=C/CCC. The monoisotopic (exact) mass is 217 g/mol. The number of rotatable bonds is 2. The van der Waals surface area contributed by atoms with E-state index in [9.17, 15) is 0 Å². The molecule has 86 valence electrons. The maximum Gasteiger partial charge on any atom is 0.138 e. The summed E-state index contributed by atoms with van der Waals surface area (Å²) in [5.41, 5.74) is 0.915. The molecular formula is C14H19NO. The Bertz CT molecular complexity index is 352. The van der Waals surface area contributed by atoms with Gasteiger partial charge >= 0.3 is 0 Å². The number of hydrogen-bond donors (Lipinski definition) is 1. The van der Waals surface area contributed by atoms with Gasteiger partial charge in [0.25, 0.3) is 0 Å². The van der Waals surface area contributed by atoms with Crippen LogP contribution in [0.15, 0.2) is 48.4 Å². The van der Waals surface area contributed by atoms with Crippen LogP contribution >= 0.6 is 0 Å². The Kier molecular flexibility index (Phi) is 3.50. The predicted octanol–water partition coefficient (Wildman–Crippen LogP) is 3.06. The van der Waals surface area contributed by atoms with E-state index in [4.69, 9.17) is 4.74 Å². The van der Waals surface area contributed by atoms with Crippen molar-refractivity contribution in [2.45, 2.75) is 38.3 Å². The van der Waals surface area contributed by atoms with Crippen LogP contribution in [0, 0.1) is 0 Å². The zero-order chi connectivity index (χ0) is 11.4. The topological polar surface area (TPSA) is 21.3 Å².